The predicted octanol–water partition coefficient (Wildman–Crippen LogP) is 4.05. The van der Waals surface area contributed by atoms with Crippen molar-refractivity contribution in [1.29, 1.82) is 0 Å². The monoisotopic (exact) mass is 297 g/mol. The first-order chi connectivity index (χ1) is 8.11. The average molecular weight is 298 g/mol. The maximum atomic E-state index is 11.5. The number of nitrogens with one attached hydrogen (secondary N) is 1. The summed E-state index contributed by atoms with van der Waals surface area (Å²) in [5.74, 6) is -0.319. The zero-order valence-electron chi connectivity index (χ0n) is 10.4. The van der Waals surface area contributed by atoms with E-state index < -0.39 is 0 Å². The molecule has 1 heterocycles. The highest BCUT2D eigenvalue weighted by molar-refractivity contribution is 9.10. The topological polar surface area (TPSA) is 42.1 Å². The second kappa shape index (κ2) is 5.87. The smallest absolute Gasteiger partial charge is 0.338 e. The van der Waals surface area contributed by atoms with Crippen molar-refractivity contribution < 1.29 is 9.53 Å². The third kappa shape index (κ3) is 2.88. The quantitative estimate of drug-likeness (QED) is 0.807. The Morgan fingerprint density at radius 1 is 1.29 bits per heavy atom. The van der Waals surface area contributed by atoms with E-state index in [1.54, 1.807) is 6.07 Å². The molecule has 1 aromatic carbocycles. The molecule has 0 atom stereocenters. The minimum absolute atomic E-state index is 0.319. The molecule has 0 amide bonds. The first-order valence-electron chi connectivity index (χ1n) is 5.49. The van der Waals surface area contributed by atoms with Gasteiger partial charge in [0.15, 0.2) is 0 Å². The Labute approximate surface area is 109 Å². The number of aromatic amines is 1. The van der Waals surface area contributed by atoms with E-state index in [0.29, 0.717) is 5.56 Å². The molecule has 1 aromatic heterocycles. The van der Waals surface area contributed by atoms with Gasteiger partial charge in [0.05, 0.1) is 12.7 Å². The van der Waals surface area contributed by atoms with E-state index in [0.717, 1.165) is 21.1 Å². The summed E-state index contributed by atoms with van der Waals surface area (Å²) in [7, 11) is 1.38. The van der Waals surface area contributed by atoms with E-state index in [1.165, 1.54) is 7.11 Å². The maximum absolute atomic E-state index is 11.5. The standard InChI is InChI=1S/C11H10BrNO2.C2H6/c1-6-3-8-9(11(14)15-2)4-7(12)5-10(8)13-6;1-2/h3-5,13H,1-2H3;1-2H3. The Kier molecular flexibility index (Phi) is 4.75. The van der Waals surface area contributed by atoms with Gasteiger partial charge < -0.3 is 9.72 Å². The number of rotatable bonds is 1. The number of benzene rings is 1. The number of hydrogen-bond acceptors (Lipinski definition) is 2. The van der Waals surface area contributed by atoms with Gasteiger partial charge in [-0.3, -0.25) is 0 Å². The van der Waals surface area contributed by atoms with Gasteiger partial charge >= 0.3 is 5.97 Å². The SMILES string of the molecule is CC.COC(=O)c1cc(Br)cc2[nH]c(C)cc12. The van der Waals surface area contributed by atoms with Crippen molar-refractivity contribution in [2.24, 2.45) is 0 Å². The first kappa shape index (κ1) is 13.8. The number of esters is 1. The molecule has 3 nitrogen and oxygen atoms in total. The van der Waals surface area contributed by atoms with Crippen molar-refractivity contribution in [3.05, 3.63) is 33.9 Å². The third-order valence-corrected chi connectivity index (χ3v) is 2.70. The van der Waals surface area contributed by atoms with Crippen molar-refractivity contribution >= 4 is 32.8 Å². The molecule has 0 bridgehead atoms. The average Bonchev–Trinajstić information content (AvgIpc) is 2.69. The van der Waals surface area contributed by atoms with Crippen molar-refractivity contribution in [1.82, 2.24) is 4.98 Å². The number of ether oxygens (including phenoxy) is 1. The third-order valence-electron chi connectivity index (χ3n) is 2.24. The summed E-state index contributed by atoms with van der Waals surface area (Å²) in [4.78, 5) is 14.7. The Balaban J connectivity index is 0.000000686. The Morgan fingerprint density at radius 3 is 2.53 bits per heavy atom. The fraction of sp³-hybridized carbons (Fsp3) is 0.308. The number of methoxy groups -OCH3 is 1. The molecule has 0 fully saturated rings. The lowest BCUT2D eigenvalue weighted by Crippen LogP contribution is -2.01. The molecule has 0 aliphatic heterocycles. The molecule has 2 aromatic rings. The van der Waals surface area contributed by atoms with Gasteiger partial charge in [-0.15, -0.1) is 0 Å². The molecule has 92 valence electrons. The predicted molar refractivity (Wildman–Crippen MR) is 73.4 cm³/mol. The second-order valence-corrected chi connectivity index (χ2v) is 4.27. The summed E-state index contributed by atoms with van der Waals surface area (Å²) in [6.45, 7) is 5.95. The molecule has 2 rings (SSSR count). The largest absolute Gasteiger partial charge is 0.465 e. The van der Waals surface area contributed by atoms with Crippen LogP contribution < -0.4 is 0 Å². The molecule has 0 aliphatic carbocycles. The van der Waals surface area contributed by atoms with Crippen LogP contribution in [0, 0.1) is 6.92 Å². The highest BCUT2D eigenvalue weighted by Crippen LogP contribution is 2.25. The molecular weight excluding hydrogens is 282 g/mol. The fourth-order valence-electron chi connectivity index (χ4n) is 1.62. The van der Waals surface area contributed by atoms with Gasteiger partial charge in [0.2, 0.25) is 0 Å². The van der Waals surface area contributed by atoms with Gasteiger partial charge in [-0.1, -0.05) is 29.8 Å². The van der Waals surface area contributed by atoms with Gasteiger partial charge in [-0.25, -0.2) is 4.79 Å². The molecule has 0 saturated heterocycles. The van der Waals surface area contributed by atoms with E-state index in [1.807, 2.05) is 32.9 Å². The van der Waals surface area contributed by atoms with Crippen molar-refractivity contribution in [3.8, 4) is 0 Å². The van der Waals surface area contributed by atoms with E-state index in [4.69, 9.17) is 4.74 Å². The minimum Gasteiger partial charge on any atom is -0.465 e. The van der Waals surface area contributed by atoms with Crippen LogP contribution in [0.5, 0.6) is 0 Å². The number of halogens is 1. The first-order valence-corrected chi connectivity index (χ1v) is 6.28. The van der Waals surface area contributed by atoms with Gasteiger partial charge in [0.25, 0.3) is 0 Å². The number of fused-ring (bicyclic) bond motifs is 1. The number of aromatic nitrogens is 1. The van der Waals surface area contributed by atoms with Crippen LogP contribution in [0.15, 0.2) is 22.7 Å². The number of aryl methyl sites for hydroxylation is 1. The van der Waals surface area contributed by atoms with Crippen LogP contribution in [0.4, 0.5) is 0 Å². The maximum Gasteiger partial charge on any atom is 0.338 e. The lowest BCUT2D eigenvalue weighted by atomic mass is 10.1. The van der Waals surface area contributed by atoms with Crippen molar-refractivity contribution in [2.75, 3.05) is 7.11 Å². The van der Waals surface area contributed by atoms with Crippen LogP contribution in [-0.4, -0.2) is 18.1 Å². The number of carbonyl (C=O) groups excluding carboxylic acids is 1. The number of H-pyrrole nitrogens is 1. The van der Waals surface area contributed by atoms with E-state index in [9.17, 15) is 4.79 Å². The highest BCUT2D eigenvalue weighted by Gasteiger charge is 2.12. The Bertz CT molecular complexity index is 531. The molecule has 17 heavy (non-hydrogen) atoms. The van der Waals surface area contributed by atoms with Gasteiger partial charge in [0, 0.05) is 21.1 Å². The van der Waals surface area contributed by atoms with Gasteiger partial charge in [-0.05, 0) is 25.1 Å². The number of hydrogen-bond donors (Lipinski definition) is 1. The van der Waals surface area contributed by atoms with E-state index >= 15 is 0 Å². The fourth-order valence-corrected chi connectivity index (χ4v) is 2.08. The van der Waals surface area contributed by atoms with Crippen LogP contribution in [0.1, 0.15) is 29.9 Å². The lowest BCUT2D eigenvalue weighted by molar-refractivity contribution is 0.0603. The van der Waals surface area contributed by atoms with Crippen LogP contribution in [0.3, 0.4) is 0 Å². The van der Waals surface area contributed by atoms with E-state index in [2.05, 4.69) is 20.9 Å². The van der Waals surface area contributed by atoms with Crippen LogP contribution in [0.25, 0.3) is 10.9 Å². The summed E-state index contributed by atoms with van der Waals surface area (Å²) < 4.78 is 5.59. The molecule has 1 N–H and O–H groups in total. The van der Waals surface area contributed by atoms with Crippen molar-refractivity contribution in [3.63, 3.8) is 0 Å². The van der Waals surface area contributed by atoms with Gasteiger partial charge in [0.1, 0.15) is 0 Å². The minimum atomic E-state index is -0.319. The zero-order chi connectivity index (χ0) is 13.0. The molecule has 4 heteroatoms. The summed E-state index contributed by atoms with van der Waals surface area (Å²) in [5.41, 5.74) is 2.53. The summed E-state index contributed by atoms with van der Waals surface area (Å²) in [5, 5.41) is 0.891. The van der Waals surface area contributed by atoms with Crippen molar-refractivity contribution in [2.45, 2.75) is 20.8 Å². The van der Waals surface area contributed by atoms with Gasteiger partial charge in [-0.2, -0.15) is 0 Å². The van der Waals surface area contributed by atoms with Crippen LogP contribution >= 0.6 is 15.9 Å². The van der Waals surface area contributed by atoms with E-state index in [-0.39, 0.29) is 5.97 Å². The summed E-state index contributed by atoms with van der Waals surface area (Å²) >= 11 is 3.36. The molecule has 0 unspecified atom stereocenters. The Hall–Kier alpha value is -1.29. The molecule has 0 aliphatic rings. The highest BCUT2D eigenvalue weighted by atomic mass is 79.9. The second-order valence-electron chi connectivity index (χ2n) is 3.36. The normalized spacial score (nSPS) is 9.71. The van der Waals surface area contributed by atoms with Crippen LogP contribution in [0.2, 0.25) is 0 Å². The Morgan fingerprint density at radius 2 is 1.94 bits per heavy atom. The molecule has 0 radical (unpaired) electrons. The number of carbonyl (C=O) groups is 1. The lowest BCUT2D eigenvalue weighted by Gasteiger charge is -2.01. The molecule has 0 saturated carbocycles. The summed E-state index contributed by atoms with van der Waals surface area (Å²) in [6, 6.07) is 5.64. The summed E-state index contributed by atoms with van der Waals surface area (Å²) in [6.07, 6.45) is 0. The van der Waals surface area contributed by atoms with Crippen LogP contribution in [-0.2, 0) is 4.74 Å². The zero-order valence-corrected chi connectivity index (χ0v) is 12.0. The molecular formula is C13H16BrNO2. The molecule has 0 spiro atoms.